The highest BCUT2D eigenvalue weighted by atomic mass is 16.5. The third-order valence-electron chi connectivity index (χ3n) is 3.13. The Morgan fingerprint density at radius 2 is 1.95 bits per heavy atom. The van der Waals surface area contributed by atoms with Crippen LogP contribution in [0.2, 0.25) is 0 Å². The van der Waals surface area contributed by atoms with E-state index in [1.54, 1.807) is 0 Å². The van der Waals surface area contributed by atoms with E-state index in [9.17, 15) is 0 Å². The molecule has 2 rings (SSSR count). The van der Waals surface area contributed by atoms with Crippen LogP contribution < -0.4 is 10.2 Å². The van der Waals surface area contributed by atoms with Crippen molar-refractivity contribution in [1.82, 2.24) is 15.3 Å². The molecule has 1 aromatic heterocycles. The van der Waals surface area contributed by atoms with Gasteiger partial charge in [0.25, 0.3) is 0 Å². The smallest absolute Gasteiger partial charge is 0.147 e. The molecule has 0 radical (unpaired) electrons. The first kappa shape index (κ1) is 14.2. The molecule has 1 aromatic rings. The molecular formula is C14H24N4O. The van der Waals surface area contributed by atoms with Gasteiger partial charge < -0.3 is 15.0 Å². The van der Waals surface area contributed by atoms with Crippen molar-refractivity contribution in [3.63, 3.8) is 0 Å². The van der Waals surface area contributed by atoms with E-state index in [-0.39, 0.29) is 12.2 Å². The number of anilines is 1. The SMILES string of the molecule is CC(C)NCc1cnc(N2C[C@@H](C)O[C@@H](C)C2)cn1. The molecule has 106 valence electrons. The molecule has 2 heterocycles. The second kappa shape index (κ2) is 6.30. The summed E-state index contributed by atoms with van der Waals surface area (Å²) in [4.78, 5) is 11.2. The largest absolute Gasteiger partial charge is 0.372 e. The maximum Gasteiger partial charge on any atom is 0.147 e. The molecule has 0 unspecified atom stereocenters. The first-order valence-corrected chi connectivity index (χ1v) is 6.99. The van der Waals surface area contributed by atoms with Crippen molar-refractivity contribution >= 4 is 5.82 Å². The highest BCUT2D eigenvalue weighted by Crippen LogP contribution is 2.17. The first-order valence-electron chi connectivity index (χ1n) is 6.99. The van der Waals surface area contributed by atoms with Crippen molar-refractivity contribution in [2.24, 2.45) is 0 Å². The molecule has 1 fully saturated rings. The summed E-state index contributed by atoms with van der Waals surface area (Å²) in [6.07, 6.45) is 4.21. The number of hydrogen-bond donors (Lipinski definition) is 1. The number of nitrogens with zero attached hydrogens (tertiary/aromatic N) is 3. The van der Waals surface area contributed by atoms with Gasteiger partial charge in [0.2, 0.25) is 0 Å². The van der Waals surface area contributed by atoms with Gasteiger partial charge in [0.1, 0.15) is 5.82 Å². The molecule has 1 aliphatic rings. The minimum Gasteiger partial charge on any atom is -0.372 e. The average Bonchev–Trinajstić information content (AvgIpc) is 2.36. The Morgan fingerprint density at radius 1 is 1.26 bits per heavy atom. The Kier molecular flexibility index (Phi) is 4.71. The van der Waals surface area contributed by atoms with E-state index in [2.05, 4.69) is 47.9 Å². The summed E-state index contributed by atoms with van der Waals surface area (Å²) in [6.45, 7) is 11.0. The van der Waals surface area contributed by atoms with Gasteiger partial charge in [-0.3, -0.25) is 4.98 Å². The summed E-state index contributed by atoms with van der Waals surface area (Å²) >= 11 is 0. The predicted molar refractivity (Wildman–Crippen MR) is 76.2 cm³/mol. The molecule has 1 N–H and O–H groups in total. The lowest BCUT2D eigenvalue weighted by Gasteiger charge is -2.35. The Balaban J connectivity index is 1.97. The molecule has 19 heavy (non-hydrogen) atoms. The fourth-order valence-electron chi connectivity index (χ4n) is 2.28. The van der Waals surface area contributed by atoms with Crippen LogP contribution in [0.3, 0.4) is 0 Å². The van der Waals surface area contributed by atoms with E-state index < -0.39 is 0 Å². The Hall–Kier alpha value is -1.20. The first-order chi connectivity index (χ1) is 9.04. The van der Waals surface area contributed by atoms with Crippen molar-refractivity contribution < 1.29 is 4.74 Å². The number of aromatic nitrogens is 2. The zero-order valence-electron chi connectivity index (χ0n) is 12.3. The Bertz CT molecular complexity index is 383. The topological polar surface area (TPSA) is 50.3 Å². The molecule has 2 atom stereocenters. The maximum atomic E-state index is 5.73. The highest BCUT2D eigenvalue weighted by Gasteiger charge is 2.23. The van der Waals surface area contributed by atoms with Crippen LogP contribution in [-0.2, 0) is 11.3 Å². The number of nitrogens with one attached hydrogen (secondary N) is 1. The van der Waals surface area contributed by atoms with E-state index in [1.165, 1.54) is 0 Å². The second-order valence-electron chi connectivity index (χ2n) is 5.56. The van der Waals surface area contributed by atoms with Gasteiger partial charge in [0, 0.05) is 25.7 Å². The molecule has 0 bridgehead atoms. The van der Waals surface area contributed by atoms with E-state index in [0.717, 1.165) is 31.1 Å². The zero-order valence-corrected chi connectivity index (χ0v) is 12.3. The second-order valence-corrected chi connectivity index (χ2v) is 5.56. The Labute approximate surface area is 115 Å². The minimum atomic E-state index is 0.243. The van der Waals surface area contributed by atoms with Crippen LogP contribution in [0, 0.1) is 0 Å². The van der Waals surface area contributed by atoms with Crippen LogP contribution in [0.1, 0.15) is 33.4 Å². The average molecular weight is 264 g/mol. The lowest BCUT2D eigenvalue weighted by atomic mass is 10.2. The summed E-state index contributed by atoms with van der Waals surface area (Å²) < 4.78 is 5.73. The van der Waals surface area contributed by atoms with Crippen LogP contribution in [0.5, 0.6) is 0 Å². The molecule has 5 nitrogen and oxygen atoms in total. The molecular weight excluding hydrogens is 240 g/mol. The van der Waals surface area contributed by atoms with Gasteiger partial charge in [-0.05, 0) is 13.8 Å². The lowest BCUT2D eigenvalue weighted by Crippen LogP contribution is -2.45. The van der Waals surface area contributed by atoms with E-state index in [1.807, 2.05) is 12.4 Å². The van der Waals surface area contributed by atoms with Crippen LogP contribution in [0.4, 0.5) is 5.82 Å². The molecule has 0 saturated carbocycles. The lowest BCUT2D eigenvalue weighted by molar-refractivity contribution is -0.00548. The quantitative estimate of drug-likeness (QED) is 0.895. The van der Waals surface area contributed by atoms with Crippen LogP contribution >= 0.6 is 0 Å². The monoisotopic (exact) mass is 264 g/mol. The maximum absolute atomic E-state index is 5.73. The molecule has 1 saturated heterocycles. The van der Waals surface area contributed by atoms with Crippen molar-refractivity contribution in [2.75, 3.05) is 18.0 Å². The predicted octanol–water partition coefficient (Wildman–Crippen LogP) is 1.59. The molecule has 1 aliphatic heterocycles. The molecule has 5 heteroatoms. The van der Waals surface area contributed by atoms with E-state index in [4.69, 9.17) is 4.74 Å². The molecule has 0 spiro atoms. The van der Waals surface area contributed by atoms with E-state index in [0.29, 0.717) is 6.04 Å². The molecule has 0 amide bonds. The van der Waals surface area contributed by atoms with Gasteiger partial charge in [0.15, 0.2) is 0 Å². The highest BCUT2D eigenvalue weighted by molar-refractivity contribution is 5.36. The zero-order chi connectivity index (χ0) is 13.8. The number of rotatable bonds is 4. The minimum absolute atomic E-state index is 0.243. The summed E-state index contributed by atoms with van der Waals surface area (Å²) in [5.41, 5.74) is 0.979. The normalized spacial score (nSPS) is 23.9. The van der Waals surface area contributed by atoms with Gasteiger partial charge in [-0.2, -0.15) is 0 Å². The third-order valence-corrected chi connectivity index (χ3v) is 3.13. The van der Waals surface area contributed by atoms with Gasteiger partial charge in [0.05, 0.1) is 30.3 Å². The van der Waals surface area contributed by atoms with Crippen LogP contribution in [-0.4, -0.2) is 41.3 Å². The standard InChI is InChI=1S/C14H24N4O/c1-10(2)15-5-13-6-17-14(7-16-13)18-8-11(3)19-12(4)9-18/h6-7,10-12,15H,5,8-9H2,1-4H3/t11-,12+. The Morgan fingerprint density at radius 3 is 2.47 bits per heavy atom. The number of morpholine rings is 1. The van der Waals surface area contributed by atoms with E-state index >= 15 is 0 Å². The fourth-order valence-corrected chi connectivity index (χ4v) is 2.28. The molecule has 0 aliphatic carbocycles. The summed E-state index contributed by atoms with van der Waals surface area (Å²) in [6, 6.07) is 0.461. The van der Waals surface area contributed by atoms with Crippen LogP contribution in [0.25, 0.3) is 0 Å². The fraction of sp³-hybridized carbons (Fsp3) is 0.714. The summed E-state index contributed by atoms with van der Waals surface area (Å²) in [7, 11) is 0. The van der Waals surface area contributed by atoms with Gasteiger partial charge in [-0.25, -0.2) is 4.98 Å². The van der Waals surface area contributed by atoms with Crippen molar-refractivity contribution in [1.29, 1.82) is 0 Å². The van der Waals surface area contributed by atoms with Crippen LogP contribution in [0.15, 0.2) is 12.4 Å². The van der Waals surface area contributed by atoms with Crippen molar-refractivity contribution in [2.45, 2.75) is 52.5 Å². The summed E-state index contributed by atoms with van der Waals surface area (Å²) in [5, 5.41) is 3.34. The third kappa shape index (κ3) is 4.14. The van der Waals surface area contributed by atoms with Gasteiger partial charge in [-0.15, -0.1) is 0 Å². The van der Waals surface area contributed by atoms with Crippen molar-refractivity contribution in [3.05, 3.63) is 18.1 Å². The van der Waals surface area contributed by atoms with Crippen molar-refractivity contribution in [3.8, 4) is 0 Å². The van der Waals surface area contributed by atoms with Gasteiger partial charge in [-0.1, -0.05) is 13.8 Å². The number of ether oxygens (including phenoxy) is 1. The van der Waals surface area contributed by atoms with Gasteiger partial charge >= 0.3 is 0 Å². The number of hydrogen-bond acceptors (Lipinski definition) is 5. The summed E-state index contributed by atoms with van der Waals surface area (Å²) in [5.74, 6) is 0.940. The molecule has 0 aromatic carbocycles.